The summed E-state index contributed by atoms with van der Waals surface area (Å²) in [5.74, 6) is 0.153. The number of fused-ring (bicyclic) bond motifs is 1. The largest absolute Gasteiger partial charge is 0.347 e. The molecule has 0 aromatic carbocycles. The maximum absolute atomic E-state index is 13.1. The van der Waals surface area contributed by atoms with Crippen LogP contribution in [0.5, 0.6) is 0 Å². The lowest BCUT2D eigenvalue weighted by Crippen LogP contribution is -2.53. The third-order valence-corrected chi connectivity index (χ3v) is 6.18. The van der Waals surface area contributed by atoms with Gasteiger partial charge in [-0.25, -0.2) is 4.98 Å². The van der Waals surface area contributed by atoms with E-state index in [1.54, 1.807) is 12.3 Å². The quantitative estimate of drug-likeness (QED) is 0.906. The van der Waals surface area contributed by atoms with E-state index in [0.29, 0.717) is 5.02 Å². The van der Waals surface area contributed by atoms with Gasteiger partial charge in [0.2, 0.25) is 5.91 Å². The summed E-state index contributed by atoms with van der Waals surface area (Å²) in [5, 5.41) is 4.98. The maximum Gasteiger partial charge on any atom is 0.246 e. The zero-order chi connectivity index (χ0) is 16.4. The molecule has 2 aromatic rings. The molecule has 0 bridgehead atoms. The second kappa shape index (κ2) is 4.96. The van der Waals surface area contributed by atoms with E-state index < -0.39 is 5.54 Å². The van der Waals surface area contributed by atoms with Crippen molar-refractivity contribution in [3.63, 3.8) is 0 Å². The smallest absolute Gasteiger partial charge is 0.246 e. The fourth-order valence-electron chi connectivity index (χ4n) is 3.84. The van der Waals surface area contributed by atoms with Crippen LogP contribution in [0.2, 0.25) is 5.02 Å². The molecule has 0 spiro atoms. The topological polar surface area (TPSA) is 50.2 Å². The Morgan fingerprint density at radius 1 is 1.25 bits per heavy atom. The van der Waals surface area contributed by atoms with Gasteiger partial charge in [0.05, 0.1) is 10.6 Å². The number of amides is 1. The summed E-state index contributed by atoms with van der Waals surface area (Å²) in [7, 11) is 0. The predicted octanol–water partition coefficient (Wildman–Crippen LogP) is 2.53. The molecule has 1 amide bonds. The lowest BCUT2D eigenvalue weighted by molar-refractivity contribution is -0.126. The molecule has 3 fully saturated rings. The monoisotopic (exact) mass is 344 g/mol. The molecule has 1 aliphatic heterocycles. The summed E-state index contributed by atoms with van der Waals surface area (Å²) in [6, 6.07) is 3.76. The van der Waals surface area contributed by atoms with Crippen molar-refractivity contribution in [2.45, 2.75) is 43.2 Å². The summed E-state index contributed by atoms with van der Waals surface area (Å²) in [6.07, 6.45) is 8.90. The number of hydrogen-bond donors (Lipinski definition) is 1. The highest BCUT2D eigenvalue weighted by atomic mass is 35.5. The van der Waals surface area contributed by atoms with Crippen molar-refractivity contribution in [3.8, 4) is 0 Å². The van der Waals surface area contributed by atoms with E-state index in [1.165, 1.54) is 19.5 Å². The number of nitrogens with zero attached hydrogens (tertiary/aromatic N) is 3. The minimum Gasteiger partial charge on any atom is -0.347 e. The normalized spacial score (nSPS) is 23.7. The summed E-state index contributed by atoms with van der Waals surface area (Å²) in [4.78, 5) is 20.0. The Morgan fingerprint density at radius 2 is 2.04 bits per heavy atom. The van der Waals surface area contributed by atoms with Crippen molar-refractivity contribution < 1.29 is 4.79 Å². The third kappa shape index (κ3) is 2.18. The highest BCUT2D eigenvalue weighted by molar-refractivity contribution is 6.35. The fraction of sp³-hybridized carbons (Fsp3) is 0.556. The minimum atomic E-state index is -0.468. The lowest BCUT2D eigenvalue weighted by atomic mass is 10.1. The van der Waals surface area contributed by atoms with Crippen LogP contribution in [0.1, 0.15) is 32.1 Å². The van der Waals surface area contributed by atoms with Gasteiger partial charge in [-0.15, -0.1) is 0 Å². The van der Waals surface area contributed by atoms with Gasteiger partial charge >= 0.3 is 0 Å². The van der Waals surface area contributed by atoms with Crippen molar-refractivity contribution in [2.75, 3.05) is 19.6 Å². The second-order valence-electron chi connectivity index (χ2n) is 7.61. The molecule has 2 aromatic heterocycles. The van der Waals surface area contributed by atoms with Crippen molar-refractivity contribution in [1.82, 2.24) is 19.8 Å². The van der Waals surface area contributed by atoms with Crippen LogP contribution >= 0.6 is 11.6 Å². The molecule has 6 heteroatoms. The first-order valence-electron chi connectivity index (χ1n) is 8.79. The zero-order valence-corrected chi connectivity index (χ0v) is 14.4. The molecule has 3 aliphatic rings. The highest BCUT2D eigenvalue weighted by Crippen LogP contribution is 2.48. The van der Waals surface area contributed by atoms with Gasteiger partial charge in [0.25, 0.3) is 0 Å². The van der Waals surface area contributed by atoms with E-state index in [4.69, 9.17) is 11.6 Å². The molecule has 0 atom stereocenters. The lowest BCUT2D eigenvalue weighted by Gasteiger charge is -2.35. The molecule has 126 valence electrons. The molecule has 3 heterocycles. The van der Waals surface area contributed by atoms with Crippen LogP contribution < -0.4 is 5.32 Å². The first-order valence-corrected chi connectivity index (χ1v) is 9.17. The van der Waals surface area contributed by atoms with Crippen LogP contribution in [-0.4, -0.2) is 45.5 Å². The van der Waals surface area contributed by atoms with Gasteiger partial charge in [-0.3, -0.25) is 4.79 Å². The summed E-state index contributed by atoms with van der Waals surface area (Å²) in [6.45, 7) is 3.35. The summed E-state index contributed by atoms with van der Waals surface area (Å²) in [5.41, 5.74) is 0.355. The Morgan fingerprint density at radius 3 is 2.67 bits per heavy atom. The number of likely N-dealkylation sites (tertiary alicyclic amines) is 1. The molecule has 2 aliphatic carbocycles. The molecule has 0 radical (unpaired) electrons. The van der Waals surface area contributed by atoms with Crippen LogP contribution in [0, 0.1) is 0 Å². The minimum absolute atomic E-state index is 0.0150. The van der Waals surface area contributed by atoms with Gasteiger partial charge < -0.3 is 14.8 Å². The van der Waals surface area contributed by atoms with Crippen LogP contribution in [0.15, 0.2) is 24.5 Å². The Labute approximate surface area is 146 Å². The second-order valence-corrected chi connectivity index (χ2v) is 8.02. The Balaban J connectivity index is 1.41. The number of hydrogen-bond acceptors (Lipinski definition) is 3. The van der Waals surface area contributed by atoms with E-state index in [9.17, 15) is 4.79 Å². The number of halogens is 1. The number of aromatic nitrogens is 2. The number of pyridine rings is 1. The Kier molecular flexibility index (Phi) is 3.04. The average molecular weight is 345 g/mol. The number of nitrogens with one attached hydrogen (secondary N) is 1. The van der Waals surface area contributed by atoms with E-state index in [1.807, 2.05) is 16.8 Å². The van der Waals surface area contributed by atoms with Gasteiger partial charge in [0.15, 0.2) is 0 Å². The predicted molar refractivity (Wildman–Crippen MR) is 93.1 cm³/mol. The van der Waals surface area contributed by atoms with E-state index in [2.05, 4.69) is 15.2 Å². The Bertz CT molecular complexity index is 818. The fourth-order valence-corrected chi connectivity index (χ4v) is 4.05. The van der Waals surface area contributed by atoms with Crippen LogP contribution in [0.4, 0.5) is 0 Å². The van der Waals surface area contributed by atoms with Crippen molar-refractivity contribution in [1.29, 1.82) is 0 Å². The van der Waals surface area contributed by atoms with Gasteiger partial charge in [0.1, 0.15) is 11.2 Å². The molecular formula is C18H21ClN4O. The Hall–Kier alpha value is -1.59. The van der Waals surface area contributed by atoms with Crippen LogP contribution in [0.3, 0.4) is 0 Å². The SMILES string of the molecule is O=C(NC1(CN2CCC2)CC1)C1(n2ccc3c(Cl)ccnc32)CC1. The molecule has 0 unspecified atom stereocenters. The van der Waals surface area contributed by atoms with Gasteiger partial charge in [-0.05, 0) is 57.3 Å². The average Bonchev–Trinajstić information content (AvgIpc) is 3.43. The molecule has 5 rings (SSSR count). The van der Waals surface area contributed by atoms with Crippen LogP contribution in [0.25, 0.3) is 11.0 Å². The molecule has 24 heavy (non-hydrogen) atoms. The summed E-state index contributed by atoms with van der Waals surface area (Å²) < 4.78 is 2.03. The van der Waals surface area contributed by atoms with E-state index in [0.717, 1.165) is 43.3 Å². The van der Waals surface area contributed by atoms with E-state index in [-0.39, 0.29) is 11.4 Å². The first-order chi connectivity index (χ1) is 11.6. The van der Waals surface area contributed by atoms with Gasteiger partial charge in [-0.1, -0.05) is 11.6 Å². The van der Waals surface area contributed by atoms with E-state index >= 15 is 0 Å². The van der Waals surface area contributed by atoms with Crippen molar-refractivity contribution in [2.24, 2.45) is 0 Å². The number of carbonyl (C=O) groups excluding carboxylic acids is 1. The number of rotatable bonds is 5. The standard InChI is InChI=1S/C18H21ClN4O/c19-14-2-8-20-15-13(14)3-11-23(15)18(6-7-18)16(24)21-17(4-5-17)12-22-9-1-10-22/h2-3,8,11H,1,4-7,9-10,12H2,(H,21,24). The molecule has 1 saturated heterocycles. The molecular weight excluding hydrogens is 324 g/mol. The van der Waals surface area contributed by atoms with Gasteiger partial charge in [0, 0.05) is 24.3 Å². The first kappa shape index (κ1) is 14.7. The van der Waals surface area contributed by atoms with Crippen LogP contribution in [-0.2, 0) is 10.3 Å². The summed E-state index contributed by atoms with van der Waals surface area (Å²) >= 11 is 6.26. The molecule has 1 N–H and O–H groups in total. The third-order valence-electron chi connectivity index (χ3n) is 5.85. The molecule has 5 nitrogen and oxygen atoms in total. The number of carbonyl (C=O) groups is 1. The van der Waals surface area contributed by atoms with Gasteiger partial charge in [-0.2, -0.15) is 0 Å². The molecule has 2 saturated carbocycles. The van der Waals surface area contributed by atoms with Crippen molar-refractivity contribution >= 4 is 28.5 Å². The van der Waals surface area contributed by atoms with Crippen molar-refractivity contribution in [3.05, 3.63) is 29.5 Å². The maximum atomic E-state index is 13.1. The highest BCUT2D eigenvalue weighted by Gasteiger charge is 2.56. The zero-order valence-electron chi connectivity index (χ0n) is 13.6.